The van der Waals surface area contributed by atoms with Crippen molar-refractivity contribution in [1.29, 1.82) is 0 Å². The third kappa shape index (κ3) is 5.39. The maximum absolute atomic E-state index is 12.7. The largest absolute Gasteiger partial charge is 0.497 e. The predicted octanol–water partition coefficient (Wildman–Crippen LogP) is 4.98. The molecule has 178 valence electrons. The summed E-state index contributed by atoms with van der Waals surface area (Å²) in [6.45, 7) is -0.444. The molecule has 3 amide bonds. The molecule has 2 heterocycles. The lowest BCUT2D eigenvalue weighted by Gasteiger charge is -2.12. The van der Waals surface area contributed by atoms with Gasteiger partial charge in [0, 0.05) is 17.3 Å². The lowest BCUT2D eigenvalue weighted by molar-refractivity contribution is -0.127. The van der Waals surface area contributed by atoms with Crippen LogP contribution in [0.5, 0.6) is 5.75 Å². The second-order valence-corrected chi connectivity index (χ2v) is 8.65. The molecular weight excluding hydrogens is 496 g/mol. The zero-order chi connectivity index (χ0) is 25.1. The Bertz CT molecular complexity index is 1360. The Morgan fingerprint density at radius 2 is 1.89 bits per heavy atom. The molecule has 2 aromatic carbocycles. The van der Waals surface area contributed by atoms with E-state index in [1.807, 2.05) is 0 Å². The van der Waals surface area contributed by atoms with E-state index in [0.717, 1.165) is 4.90 Å². The van der Waals surface area contributed by atoms with Crippen LogP contribution in [-0.4, -0.2) is 46.7 Å². The minimum absolute atomic E-state index is 0.0730. The fraction of sp³-hybridized carbons (Fsp3) is 0.0833. The average molecular weight is 513 g/mol. The number of hydrogen-bond acceptors (Lipinski definition) is 7. The molecule has 0 spiro atoms. The molecule has 0 bridgehead atoms. The number of rotatable bonds is 7. The molecule has 2 N–H and O–H groups in total. The minimum Gasteiger partial charge on any atom is -0.497 e. The number of carbonyl (C=O) groups excluding carboxylic acids is 3. The molecule has 1 aliphatic heterocycles. The number of aromatic carboxylic acids is 1. The van der Waals surface area contributed by atoms with Crippen molar-refractivity contribution in [2.24, 2.45) is 0 Å². The molecule has 0 aliphatic carbocycles. The summed E-state index contributed by atoms with van der Waals surface area (Å²) in [4.78, 5) is 49.7. The van der Waals surface area contributed by atoms with Gasteiger partial charge in [-0.15, -0.1) is 0 Å². The van der Waals surface area contributed by atoms with Crippen LogP contribution in [0.3, 0.4) is 0 Å². The van der Waals surface area contributed by atoms with E-state index in [4.69, 9.17) is 20.8 Å². The van der Waals surface area contributed by atoms with Crippen LogP contribution in [-0.2, 0) is 9.59 Å². The van der Waals surface area contributed by atoms with Gasteiger partial charge in [-0.2, -0.15) is 0 Å². The van der Waals surface area contributed by atoms with Crippen LogP contribution in [0.25, 0.3) is 17.4 Å². The summed E-state index contributed by atoms with van der Waals surface area (Å²) in [5, 5.41) is 11.4. The van der Waals surface area contributed by atoms with E-state index in [-0.39, 0.29) is 21.3 Å². The summed E-state index contributed by atoms with van der Waals surface area (Å²) >= 11 is 6.59. The summed E-state index contributed by atoms with van der Waals surface area (Å²) in [5.41, 5.74) is 0.903. The van der Waals surface area contributed by atoms with Crippen LogP contribution in [0, 0.1) is 0 Å². The summed E-state index contributed by atoms with van der Waals surface area (Å²) in [7, 11) is 1.53. The van der Waals surface area contributed by atoms with Crippen molar-refractivity contribution < 1.29 is 33.4 Å². The normalized spacial score (nSPS) is 14.5. The van der Waals surface area contributed by atoms with E-state index in [1.54, 1.807) is 42.5 Å². The first-order valence-corrected chi connectivity index (χ1v) is 11.3. The molecule has 4 rings (SSSR count). The van der Waals surface area contributed by atoms with Gasteiger partial charge < -0.3 is 19.6 Å². The minimum atomic E-state index is -1.17. The van der Waals surface area contributed by atoms with Gasteiger partial charge in [-0.25, -0.2) is 4.79 Å². The molecule has 35 heavy (non-hydrogen) atoms. The van der Waals surface area contributed by atoms with E-state index in [9.17, 15) is 24.3 Å². The van der Waals surface area contributed by atoms with E-state index >= 15 is 0 Å². The van der Waals surface area contributed by atoms with E-state index < -0.39 is 29.6 Å². The fourth-order valence-electron chi connectivity index (χ4n) is 3.21. The summed E-state index contributed by atoms with van der Waals surface area (Å²) < 4.78 is 10.8. The zero-order valence-corrected chi connectivity index (χ0v) is 19.7. The second kappa shape index (κ2) is 10.1. The van der Waals surface area contributed by atoms with Crippen LogP contribution in [0.1, 0.15) is 16.1 Å². The molecule has 0 unspecified atom stereocenters. The highest BCUT2D eigenvalue weighted by molar-refractivity contribution is 8.18. The molecular formula is C24H17ClN2O7S. The van der Waals surface area contributed by atoms with E-state index in [2.05, 4.69) is 5.32 Å². The van der Waals surface area contributed by atoms with Crippen LogP contribution < -0.4 is 10.1 Å². The Balaban J connectivity index is 1.45. The van der Waals surface area contributed by atoms with Gasteiger partial charge in [0.1, 0.15) is 23.8 Å². The highest BCUT2D eigenvalue weighted by Gasteiger charge is 2.36. The molecule has 1 saturated heterocycles. The third-order valence-corrected chi connectivity index (χ3v) is 6.17. The maximum Gasteiger partial charge on any atom is 0.337 e. The number of nitrogens with zero attached hydrogens (tertiary/aromatic N) is 1. The number of carboxylic acid groups (broad SMARTS) is 1. The Morgan fingerprint density at radius 1 is 1.14 bits per heavy atom. The Labute approximate surface area is 208 Å². The molecule has 0 radical (unpaired) electrons. The van der Waals surface area contributed by atoms with Crippen molar-refractivity contribution in [2.75, 3.05) is 19.0 Å². The number of thioether (sulfide) groups is 1. The first-order chi connectivity index (χ1) is 16.7. The van der Waals surface area contributed by atoms with Gasteiger partial charge in [-0.1, -0.05) is 11.6 Å². The summed E-state index contributed by atoms with van der Waals surface area (Å²) in [6, 6.07) is 14.2. The lowest BCUT2D eigenvalue weighted by Crippen LogP contribution is -2.36. The summed E-state index contributed by atoms with van der Waals surface area (Å²) in [5.74, 6) is -1.07. The van der Waals surface area contributed by atoms with Crippen LogP contribution in [0.4, 0.5) is 10.5 Å². The smallest absolute Gasteiger partial charge is 0.337 e. The number of imide groups is 1. The highest BCUT2D eigenvalue weighted by Crippen LogP contribution is 2.34. The van der Waals surface area contributed by atoms with Gasteiger partial charge in [-0.3, -0.25) is 19.3 Å². The van der Waals surface area contributed by atoms with Crippen molar-refractivity contribution in [2.45, 2.75) is 0 Å². The first-order valence-electron chi connectivity index (χ1n) is 10.1. The standard InChI is InChI=1S/C24H17ClN2O7S/c1-33-15-5-3-14(4-6-15)26-21(28)12-27-22(29)20(35-24(27)32)11-16-7-9-19(34-16)13-2-8-18(25)17(10-13)23(30)31/h2-11H,12H2,1H3,(H,26,28)(H,30,31). The topological polar surface area (TPSA) is 126 Å². The van der Waals surface area contributed by atoms with Crippen LogP contribution in [0.2, 0.25) is 5.02 Å². The van der Waals surface area contributed by atoms with Gasteiger partial charge >= 0.3 is 5.97 Å². The lowest BCUT2D eigenvalue weighted by atomic mass is 10.1. The highest BCUT2D eigenvalue weighted by atomic mass is 35.5. The molecule has 11 heteroatoms. The van der Waals surface area contributed by atoms with E-state index in [1.165, 1.54) is 25.3 Å². The molecule has 0 atom stereocenters. The number of carbonyl (C=O) groups is 4. The van der Waals surface area contributed by atoms with Gasteiger partial charge in [0.2, 0.25) is 5.91 Å². The second-order valence-electron chi connectivity index (χ2n) is 7.25. The number of halogens is 1. The van der Waals surface area contributed by atoms with Crippen molar-refractivity contribution >= 4 is 58.1 Å². The molecule has 0 saturated carbocycles. The van der Waals surface area contributed by atoms with Gasteiger partial charge in [0.15, 0.2) is 0 Å². The number of amides is 3. The zero-order valence-electron chi connectivity index (χ0n) is 18.1. The van der Waals surface area contributed by atoms with Crippen molar-refractivity contribution in [3.8, 4) is 17.1 Å². The monoisotopic (exact) mass is 512 g/mol. The number of nitrogens with one attached hydrogen (secondary N) is 1. The van der Waals surface area contributed by atoms with Crippen molar-refractivity contribution in [1.82, 2.24) is 4.90 Å². The summed E-state index contributed by atoms with van der Waals surface area (Å²) in [6.07, 6.45) is 1.39. The SMILES string of the molecule is COc1ccc(NC(=O)CN2C(=O)SC(=Cc3ccc(-c4ccc(Cl)c(C(=O)O)c4)o3)C2=O)cc1. The number of hydrogen-bond donors (Lipinski definition) is 2. The molecule has 9 nitrogen and oxygen atoms in total. The average Bonchev–Trinajstić information content (AvgIpc) is 3.40. The van der Waals surface area contributed by atoms with Crippen molar-refractivity contribution in [3.63, 3.8) is 0 Å². The number of ether oxygens (including phenoxy) is 1. The number of furan rings is 1. The number of anilines is 1. The van der Waals surface area contributed by atoms with Gasteiger partial charge in [-0.05, 0) is 66.4 Å². The maximum atomic E-state index is 12.7. The molecule has 1 aromatic heterocycles. The van der Waals surface area contributed by atoms with Gasteiger partial charge in [0.05, 0.1) is 22.6 Å². The predicted molar refractivity (Wildman–Crippen MR) is 130 cm³/mol. The van der Waals surface area contributed by atoms with Crippen LogP contribution >= 0.6 is 23.4 Å². The molecule has 1 fully saturated rings. The Morgan fingerprint density at radius 3 is 2.57 bits per heavy atom. The Kier molecular flexibility index (Phi) is 6.94. The fourth-order valence-corrected chi connectivity index (χ4v) is 4.23. The van der Waals surface area contributed by atoms with Crippen molar-refractivity contribution in [3.05, 3.63) is 75.8 Å². The number of benzene rings is 2. The quantitative estimate of drug-likeness (QED) is 0.424. The number of methoxy groups -OCH3 is 1. The molecule has 3 aromatic rings. The number of carboxylic acids is 1. The van der Waals surface area contributed by atoms with E-state index in [0.29, 0.717) is 34.5 Å². The van der Waals surface area contributed by atoms with Crippen LogP contribution in [0.15, 0.2) is 63.9 Å². The molecule has 1 aliphatic rings. The third-order valence-electron chi connectivity index (χ3n) is 4.93. The first kappa shape index (κ1) is 24.1. The Hall–Kier alpha value is -4.02. The van der Waals surface area contributed by atoms with Gasteiger partial charge in [0.25, 0.3) is 11.1 Å².